The summed E-state index contributed by atoms with van der Waals surface area (Å²) in [5, 5.41) is 9.68. The van der Waals surface area contributed by atoms with Crippen molar-refractivity contribution in [2.75, 3.05) is 12.4 Å². The second-order valence-corrected chi connectivity index (χ2v) is 4.49. The maximum atomic E-state index is 11.9. The lowest BCUT2D eigenvalue weighted by atomic mass is 10.1. The van der Waals surface area contributed by atoms with Gasteiger partial charge in [0.15, 0.2) is 5.82 Å². The average Bonchev–Trinajstić information content (AvgIpc) is 2.93. The van der Waals surface area contributed by atoms with E-state index < -0.39 is 0 Å². The van der Waals surface area contributed by atoms with Crippen LogP contribution in [-0.2, 0) is 17.6 Å². The average molecular weight is 273 g/mol. The van der Waals surface area contributed by atoms with Crippen LogP contribution in [0.15, 0.2) is 30.3 Å². The first kappa shape index (κ1) is 14.1. The number of carbonyl (C=O) groups excluding carboxylic acids is 1. The van der Waals surface area contributed by atoms with Crippen molar-refractivity contribution in [3.8, 4) is 5.75 Å². The van der Waals surface area contributed by atoms with E-state index in [9.17, 15) is 4.79 Å². The highest BCUT2D eigenvalue weighted by Crippen LogP contribution is 2.19. The third kappa shape index (κ3) is 3.60. The first-order chi connectivity index (χ1) is 9.72. The van der Waals surface area contributed by atoms with Crippen molar-refractivity contribution < 1.29 is 9.53 Å². The maximum absolute atomic E-state index is 11.9. The summed E-state index contributed by atoms with van der Waals surface area (Å²) in [5.74, 6) is 1.34. The third-order valence-corrected chi connectivity index (χ3v) is 3.09. The molecule has 0 aliphatic carbocycles. The number of nitrogens with zero attached hydrogens (tertiary/aromatic N) is 1. The van der Waals surface area contributed by atoms with E-state index in [2.05, 4.69) is 15.5 Å². The van der Waals surface area contributed by atoms with Gasteiger partial charge in [-0.2, -0.15) is 5.10 Å². The lowest BCUT2D eigenvalue weighted by Crippen LogP contribution is -2.12. The molecule has 0 saturated carbocycles. The van der Waals surface area contributed by atoms with Crippen molar-refractivity contribution >= 4 is 11.7 Å². The van der Waals surface area contributed by atoms with Crippen LogP contribution in [0.5, 0.6) is 5.75 Å². The van der Waals surface area contributed by atoms with Crippen molar-refractivity contribution in [3.05, 3.63) is 41.6 Å². The highest BCUT2D eigenvalue weighted by molar-refractivity contribution is 5.89. The zero-order valence-corrected chi connectivity index (χ0v) is 11.8. The van der Waals surface area contributed by atoms with Crippen LogP contribution in [0.3, 0.4) is 0 Å². The highest BCUT2D eigenvalue weighted by atomic mass is 16.5. The Hall–Kier alpha value is -2.30. The fourth-order valence-corrected chi connectivity index (χ4v) is 1.97. The van der Waals surface area contributed by atoms with Gasteiger partial charge in [0.1, 0.15) is 5.75 Å². The second kappa shape index (κ2) is 6.75. The molecule has 0 radical (unpaired) electrons. The molecule has 1 aromatic carbocycles. The van der Waals surface area contributed by atoms with E-state index in [0.29, 0.717) is 18.7 Å². The molecule has 20 heavy (non-hydrogen) atoms. The van der Waals surface area contributed by atoms with Gasteiger partial charge in [0.2, 0.25) is 5.91 Å². The van der Waals surface area contributed by atoms with Gasteiger partial charge in [-0.15, -0.1) is 0 Å². The smallest absolute Gasteiger partial charge is 0.225 e. The van der Waals surface area contributed by atoms with Gasteiger partial charge in [-0.3, -0.25) is 9.89 Å². The Bertz CT molecular complexity index is 578. The summed E-state index contributed by atoms with van der Waals surface area (Å²) in [7, 11) is 1.63. The first-order valence-corrected chi connectivity index (χ1v) is 6.69. The van der Waals surface area contributed by atoms with Gasteiger partial charge >= 0.3 is 0 Å². The minimum absolute atomic E-state index is 0.0509. The number of amides is 1. The molecule has 0 spiro atoms. The van der Waals surface area contributed by atoms with Crippen LogP contribution in [0.1, 0.15) is 24.6 Å². The monoisotopic (exact) mass is 273 g/mol. The van der Waals surface area contributed by atoms with Crippen LogP contribution in [0, 0.1) is 0 Å². The van der Waals surface area contributed by atoms with Gasteiger partial charge in [0, 0.05) is 18.2 Å². The van der Waals surface area contributed by atoms with E-state index in [1.807, 2.05) is 37.3 Å². The number of aromatic nitrogens is 2. The Morgan fingerprint density at radius 1 is 1.40 bits per heavy atom. The Kier molecular flexibility index (Phi) is 4.76. The van der Waals surface area contributed by atoms with Gasteiger partial charge in [-0.05, 0) is 24.5 Å². The van der Waals surface area contributed by atoms with Gasteiger partial charge in [0.05, 0.1) is 7.11 Å². The molecular formula is C15H19N3O2. The molecule has 2 aromatic rings. The number of methoxy groups -OCH3 is 1. The molecule has 1 amide bonds. The molecule has 0 unspecified atom stereocenters. The van der Waals surface area contributed by atoms with Crippen molar-refractivity contribution in [2.24, 2.45) is 0 Å². The summed E-state index contributed by atoms with van der Waals surface area (Å²) >= 11 is 0. The molecule has 5 heteroatoms. The Morgan fingerprint density at radius 2 is 2.20 bits per heavy atom. The largest absolute Gasteiger partial charge is 0.496 e. The van der Waals surface area contributed by atoms with Crippen LogP contribution < -0.4 is 10.1 Å². The molecule has 1 heterocycles. The summed E-state index contributed by atoms with van der Waals surface area (Å²) in [6, 6.07) is 9.57. The number of hydrogen-bond donors (Lipinski definition) is 2. The van der Waals surface area contributed by atoms with E-state index in [4.69, 9.17) is 4.74 Å². The number of carbonyl (C=O) groups is 1. The number of aromatic amines is 1. The number of hydrogen-bond acceptors (Lipinski definition) is 3. The summed E-state index contributed by atoms with van der Waals surface area (Å²) in [6.07, 6.45) is 1.90. The van der Waals surface area contributed by atoms with Crippen molar-refractivity contribution in [3.63, 3.8) is 0 Å². The second-order valence-electron chi connectivity index (χ2n) is 4.49. The summed E-state index contributed by atoms with van der Waals surface area (Å²) < 4.78 is 5.26. The quantitative estimate of drug-likeness (QED) is 0.850. The molecule has 0 atom stereocenters. The standard InChI is InChI=1S/C15H19N3O2/c1-3-12-10-14(18-17-12)16-15(19)9-8-11-6-4-5-7-13(11)20-2/h4-7,10H,3,8-9H2,1-2H3,(H2,16,17,18,19). The Labute approximate surface area is 118 Å². The first-order valence-electron chi connectivity index (χ1n) is 6.69. The van der Waals surface area contributed by atoms with Crippen LogP contribution in [0.25, 0.3) is 0 Å². The number of anilines is 1. The zero-order chi connectivity index (χ0) is 14.4. The molecule has 0 aliphatic heterocycles. The minimum Gasteiger partial charge on any atom is -0.496 e. The predicted octanol–water partition coefficient (Wildman–Crippen LogP) is 2.55. The van der Waals surface area contributed by atoms with Gasteiger partial charge in [0.25, 0.3) is 0 Å². The van der Waals surface area contributed by atoms with Crippen molar-refractivity contribution in [1.82, 2.24) is 10.2 Å². The third-order valence-electron chi connectivity index (χ3n) is 3.09. The topological polar surface area (TPSA) is 67.0 Å². The molecule has 2 rings (SSSR count). The fraction of sp³-hybridized carbons (Fsp3) is 0.333. The number of benzene rings is 1. The van der Waals surface area contributed by atoms with Crippen molar-refractivity contribution in [1.29, 1.82) is 0 Å². The zero-order valence-electron chi connectivity index (χ0n) is 11.8. The van der Waals surface area contributed by atoms with Crippen LogP contribution in [0.2, 0.25) is 0 Å². The lowest BCUT2D eigenvalue weighted by molar-refractivity contribution is -0.116. The molecule has 0 aliphatic rings. The van der Waals surface area contributed by atoms with E-state index in [1.165, 1.54) is 0 Å². The number of para-hydroxylation sites is 1. The summed E-state index contributed by atoms with van der Waals surface area (Å²) in [5.41, 5.74) is 2.03. The van der Waals surface area contributed by atoms with Crippen LogP contribution in [-0.4, -0.2) is 23.2 Å². The normalized spacial score (nSPS) is 10.3. The van der Waals surface area contributed by atoms with Crippen LogP contribution >= 0.6 is 0 Å². The highest BCUT2D eigenvalue weighted by Gasteiger charge is 2.08. The van der Waals surface area contributed by atoms with Gasteiger partial charge < -0.3 is 10.1 Å². The number of ether oxygens (including phenoxy) is 1. The molecule has 0 saturated heterocycles. The molecule has 2 N–H and O–H groups in total. The summed E-state index contributed by atoms with van der Waals surface area (Å²) in [6.45, 7) is 2.03. The van der Waals surface area contributed by atoms with E-state index in [-0.39, 0.29) is 5.91 Å². The SMILES string of the molecule is CCc1cc(NC(=O)CCc2ccccc2OC)n[nH]1. The summed E-state index contributed by atoms with van der Waals surface area (Å²) in [4.78, 5) is 11.9. The van der Waals surface area contributed by atoms with E-state index in [0.717, 1.165) is 23.4 Å². The maximum Gasteiger partial charge on any atom is 0.225 e. The number of rotatable bonds is 6. The predicted molar refractivity (Wildman–Crippen MR) is 77.9 cm³/mol. The van der Waals surface area contributed by atoms with E-state index in [1.54, 1.807) is 7.11 Å². The molecule has 5 nitrogen and oxygen atoms in total. The molecule has 0 fully saturated rings. The molecular weight excluding hydrogens is 254 g/mol. The Morgan fingerprint density at radius 3 is 2.90 bits per heavy atom. The number of nitrogens with one attached hydrogen (secondary N) is 2. The van der Waals surface area contributed by atoms with E-state index >= 15 is 0 Å². The van der Waals surface area contributed by atoms with Gasteiger partial charge in [-0.25, -0.2) is 0 Å². The lowest BCUT2D eigenvalue weighted by Gasteiger charge is -2.07. The molecule has 106 valence electrons. The molecule has 1 aromatic heterocycles. The van der Waals surface area contributed by atoms with Crippen LogP contribution in [0.4, 0.5) is 5.82 Å². The fourth-order valence-electron chi connectivity index (χ4n) is 1.97. The number of aryl methyl sites for hydroxylation is 2. The molecule has 0 bridgehead atoms. The number of H-pyrrole nitrogens is 1. The minimum atomic E-state index is -0.0509. The van der Waals surface area contributed by atoms with Gasteiger partial charge in [-0.1, -0.05) is 25.1 Å². The Balaban J connectivity index is 1.88. The van der Waals surface area contributed by atoms with Crippen molar-refractivity contribution in [2.45, 2.75) is 26.2 Å².